The molecule has 0 spiro atoms. The average molecular weight is 432 g/mol. The van der Waals surface area contributed by atoms with Crippen LogP contribution in [0, 0.1) is 0 Å². The van der Waals surface area contributed by atoms with E-state index in [1.54, 1.807) is 6.92 Å². The molecule has 3 amide bonds. The SMILES string of the molecule is C[C@]1(C(N)=O)SCN(C(=O)[C@@H](O)CCc2ccccc2)C1C(=O)N[C@@H]1C=CCCC1. The van der Waals surface area contributed by atoms with E-state index in [9.17, 15) is 19.5 Å². The number of nitrogens with one attached hydrogen (secondary N) is 1. The van der Waals surface area contributed by atoms with Crippen LogP contribution < -0.4 is 11.1 Å². The average Bonchev–Trinajstić information content (AvgIpc) is 3.11. The van der Waals surface area contributed by atoms with Gasteiger partial charge in [0.15, 0.2) is 0 Å². The first-order chi connectivity index (χ1) is 14.3. The highest BCUT2D eigenvalue weighted by Gasteiger charge is 2.55. The van der Waals surface area contributed by atoms with Gasteiger partial charge in [0.25, 0.3) is 5.91 Å². The standard InChI is InChI=1S/C22H29N3O4S/c1-22(21(23)29)18(19(27)24-16-10-6-3-7-11-16)25(14-30-22)20(28)17(26)13-12-15-8-4-2-5-9-15/h2,4-6,8-10,16-18,26H,3,7,11-14H2,1H3,(H2,23,29)(H,24,27)/t16-,17+,18?,22+/m1/s1. The Balaban J connectivity index is 1.72. The Bertz CT molecular complexity index is 816. The van der Waals surface area contributed by atoms with E-state index in [4.69, 9.17) is 5.73 Å². The number of aryl methyl sites for hydroxylation is 1. The van der Waals surface area contributed by atoms with Crippen LogP contribution in [0.5, 0.6) is 0 Å². The van der Waals surface area contributed by atoms with E-state index in [1.165, 1.54) is 4.90 Å². The van der Waals surface area contributed by atoms with E-state index >= 15 is 0 Å². The highest BCUT2D eigenvalue weighted by Crippen LogP contribution is 2.40. The second-order valence-electron chi connectivity index (χ2n) is 7.97. The number of primary amides is 1. The maximum absolute atomic E-state index is 13.1. The highest BCUT2D eigenvalue weighted by molar-refractivity contribution is 8.01. The van der Waals surface area contributed by atoms with Crippen LogP contribution in [0.25, 0.3) is 0 Å². The Labute approximate surface area is 181 Å². The Morgan fingerprint density at radius 1 is 1.33 bits per heavy atom. The molecule has 1 aromatic rings. The quantitative estimate of drug-likeness (QED) is 0.564. The number of hydrogen-bond donors (Lipinski definition) is 3. The maximum atomic E-state index is 13.1. The molecule has 2 aliphatic rings. The smallest absolute Gasteiger partial charge is 0.252 e. The van der Waals surface area contributed by atoms with Crippen LogP contribution in [0.4, 0.5) is 0 Å². The van der Waals surface area contributed by atoms with Crippen LogP contribution in [-0.2, 0) is 20.8 Å². The lowest BCUT2D eigenvalue weighted by atomic mass is 9.95. The Morgan fingerprint density at radius 3 is 2.70 bits per heavy atom. The van der Waals surface area contributed by atoms with Gasteiger partial charge in [0.05, 0.1) is 5.88 Å². The van der Waals surface area contributed by atoms with Gasteiger partial charge in [0, 0.05) is 6.04 Å². The summed E-state index contributed by atoms with van der Waals surface area (Å²) in [6.07, 6.45) is 6.21. The molecule has 0 radical (unpaired) electrons. The van der Waals surface area contributed by atoms with Crippen LogP contribution in [0.2, 0.25) is 0 Å². The number of aliphatic hydroxyl groups is 1. The van der Waals surface area contributed by atoms with Crippen molar-refractivity contribution >= 4 is 29.5 Å². The molecule has 4 atom stereocenters. The molecule has 1 aliphatic carbocycles. The van der Waals surface area contributed by atoms with Crippen molar-refractivity contribution in [3.63, 3.8) is 0 Å². The molecule has 1 aromatic carbocycles. The van der Waals surface area contributed by atoms with Crippen LogP contribution in [0.1, 0.15) is 38.2 Å². The fraction of sp³-hybridized carbons (Fsp3) is 0.500. The van der Waals surface area contributed by atoms with E-state index in [-0.39, 0.29) is 18.3 Å². The van der Waals surface area contributed by atoms with Gasteiger partial charge in [-0.25, -0.2) is 0 Å². The van der Waals surface area contributed by atoms with Crippen molar-refractivity contribution in [2.75, 3.05) is 5.88 Å². The minimum atomic E-state index is -1.26. The van der Waals surface area contributed by atoms with E-state index < -0.39 is 34.6 Å². The largest absolute Gasteiger partial charge is 0.383 e. The Hall–Kier alpha value is -2.32. The zero-order chi connectivity index (χ0) is 21.7. The van der Waals surface area contributed by atoms with Crippen LogP contribution >= 0.6 is 11.8 Å². The number of carbonyl (C=O) groups excluding carboxylic acids is 3. The van der Waals surface area contributed by atoms with Gasteiger partial charge in [0.2, 0.25) is 11.8 Å². The normalized spacial score (nSPS) is 26.9. The third-order valence-corrected chi connectivity index (χ3v) is 7.21. The first-order valence-corrected chi connectivity index (χ1v) is 11.2. The van der Waals surface area contributed by atoms with Gasteiger partial charge in [-0.2, -0.15) is 0 Å². The van der Waals surface area contributed by atoms with E-state index in [0.717, 1.165) is 36.6 Å². The third-order valence-electron chi connectivity index (χ3n) is 5.77. The van der Waals surface area contributed by atoms with Gasteiger partial charge in [-0.15, -0.1) is 11.8 Å². The number of nitrogens with zero attached hydrogens (tertiary/aromatic N) is 1. The molecule has 30 heavy (non-hydrogen) atoms. The predicted molar refractivity (Wildman–Crippen MR) is 116 cm³/mol. The summed E-state index contributed by atoms with van der Waals surface area (Å²) in [4.78, 5) is 39.6. The van der Waals surface area contributed by atoms with Crippen molar-refractivity contribution in [3.8, 4) is 0 Å². The van der Waals surface area contributed by atoms with Gasteiger partial charge in [0.1, 0.15) is 16.9 Å². The molecule has 8 heteroatoms. The monoisotopic (exact) mass is 431 g/mol. The van der Waals surface area contributed by atoms with Crippen molar-refractivity contribution < 1.29 is 19.5 Å². The van der Waals surface area contributed by atoms with E-state index in [2.05, 4.69) is 5.32 Å². The molecular weight excluding hydrogens is 402 g/mol. The molecular formula is C22H29N3O4S. The lowest BCUT2D eigenvalue weighted by Crippen LogP contribution is -2.60. The van der Waals surface area contributed by atoms with Crippen LogP contribution in [0.15, 0.2) is 42.5 Å². The van der Waals surface area contributed by atoms with Gasteiger partial charge in [-0.1, -0.05) is 42.5 Å². The summed E-state index contributed by atoms with van der Waals surface area (Å²) in [5.41, 5.74) is 6.63. The summed E-state index contributed by atoms with van der Waals surface area (Å²) in [6.45, 7) is 1.59. The molecule has 1 heterocycles. The summed E-state index contributed by atoms with van der Waals surface area (Å²) in [7, 11) is 0. The fourth-order valence-electron chi connectivity index (χ4n) is 3.90. The molecule has 1 fully saturated rings. The maximum Gasteiger partial charge on any atom is 0.252 e. The van der Waals surface area contributed by atoms with Gasteiger partial charge >= 0.3 is 0 Å². The summed E-state index contributed by atoms with van der Waals surface area (Å²) in [5.74, 6) is -1.50. The first-order valence-electron chi connectivity index (χ1n) is 10.3. The minimum absolute atomic E-state index is 0.124. The number of hydrogen-bond acceptors (Lipinski definition) is 5. The van der Waals surface area contributed by atoms with Crippen LogP contribution in [0.3, 0.4) is 0 Å². The zero-order valence-electron chi connectivity index (χ0n) is 17.1. The van der Waals surface area contributed by atoms with Gasteiger partial charge in [-0.3, -0.25) is 14.4 Å². The van der Waals surface area contributed by atoms with Gasteiger partial charge < -0.3 is 21.1 Å². The molecule has 1 unspecified atom stereocenters. The number of aliphatic hydroxyl groups excluding tert-OH is 1. The highest BCUT2D eigenvalue weighted by atomic mass is 32.2. The number of rotatable bonds is 7. The molecule has 0 aromatic heterocycles. The first kappa shape index (κ1) is 22.4. The van der Waals surface area contributed by atoms with Crippen molar-refractivity contribution in [3.05, 3.63) is 48.0 Å². The van der Waals surface area contributed by atoms with Crippen molar-refractivity contribution in [1.82, 2.24) is 10.2 Å². The number of allylic oxidation sites excluding steroid dienone is 1. The Morgan fingerprint density at radius 2 is 2.07 bits per heavy atom. The molecule has 1 saturated heterocycles. The molecule has 3 rings (SSSR count). The van der Waals surface area contributed by atoms with Crippen molar-refractivity contribution in [2.45, 2.75) is 62.0 Å². The number of nitrogens with two attached hydrogens (primary N) is 1. The second-order valence-corrected chi connectivity index (χ2v) is 9.36. The third kappa shape index (κ3) is 4.87. The second kappa shape index (κ2) is 9.66. The summed E-state index contributed by atoms with van der Waals surface area (Å²) < 4.78 is -1.25. The summed E-state index contributed by atoms with van der Waals surface area (Å²) >= 11 is 1.16. The summed E-state index contributed by atoms with van der Waals surface area (Å²) in [5, 5.41) is 13.4. The zero-order valence-corrected chi connectivity index (χ0v) is 17.9. The molecule has 4 N–H and O–H groups in total. The predicted octanol–water partition coefficient (Wildman–Crippen LogP) is 1.35. The molecule has 162 valence electrons. The van der Waals surface area contributed by atoms with Gasteiger partial charge in [-0.05, 0) is 44.6 Å². The van der Waals surface area contributed by atoms with Crippen molar-refractivity contribution in [1.29, 1.82) is 0 Å². The van der Waals surface area contributed by atoms with Crippen molar-refractivity contribution in [2.24, 2.45) is 5.73 Å². The molecule has 1 aliphatic heterocycles. The molecule has 0 bridgehead atoms. The van der Waals surface area contributed by atoms with E-state index in [1.807, 2.05) is 42.5 Å². The molecule has 7 nitrogen and oxygen atoms in total. The number of amides is 3. The number of thioether (sulfide) groups is 1. The lowest BCUT2D eigenvalue weighted by Gasteiger charge is -2.33. The number of carbonyl (C=O) groups is 3. The lowest BCUT2D eigenvalue weighted by molar-refractivity contribution is -0.147. The Kier molecular flexibility index (Phi) is 7.20. The van der Waals surface area contributed by atoms with Crippen LogP contribution in [-0.4, -0.2) is 56.5 Å². The summed E-state index contributed by atoms with van der Waals surface area (Å²) in [6, 6.07) is 8.38. The van der Waals surface area contributed by atoms with E-state index in [0.29, 0.717) is 6.42 Å². The molecule has 0 saturated carbocycles. The fourth-order valence-corrected chi connectivity index (χ4v) is 5.12. The minimum Gasteiger partial charge on any atom is -0.383 e. The number of benzene rings is 1. The topological polar surface area (TPSA) is 113 Å².